The molecule has 0 aliphatic carbocycles. The zero-order valence-electron chi connectivity index (χ0n) is 10.0. The van der Waals surface area contributed by atoms with Crippen LogP contribution in [0.2, 0.25) is 0 Å². The molecule has 2 rings (SSSR count). The maximum absolute atomic E-state index is 12.4. The number of benzene rings is 1. The van der Waals surface area contributed by atoms with Crippen LogP contribution in [0.15, 0.2) is 30.5 Å². The number of alkyl halides is 3. The van der Waals surface area contributed by atoms with Gasteiger partial charge in [-0.1, -0.05) is 0 Å². The molecule has 19 heavy (non-hydrogen) atoms. The highest BCUT2D eigenvalue weighted by Crippen LogP contribution is 2.31. The van der Waals surface area contributed by atoms with Gasteiger partial charge in [-0.25, -0.2) is 4.98 Å². The first-order valence-electron chi connectivity index (χ1n) is 5.52. The molecule has 1 heterocycles. The highest BCUT2D eigenvalue weighted by atomic mass is 32.1. The van der Waals surface area contributed by atoms with Crippen LogP contribution in [0.1, 0.15) is 23.4 Å². The van der Waals surface area contributed by atoms with E-state index in [0.29, 0.717) is 10.8 Å². The molecule has 0 saturated heterocycles. The molecule has 0 radical (unpaired) electrons. The SMILES string of the molecule is CC(N)c1cnc(Nc2ccc(C(F)(F)F)cc2)s1. The molecule has 1 aromatic heterocycles. The Morgan fingerprint density at radius 1 is 1.26 bits per heavy atom. The third-order valence-electron chi connectivity index (χ3n) is 2.44. The van der Waals surface area contributed by atoms with Crippen LogP contribution in [0.3, 0.4) is 0 Å². The average molecular weight is 287 g/mol. The van der Waals surface area contributed by atoms with Crippen molar-refractivity contribution in [2.24, 2.45) is 5.73 Å². The Bertz CT molecular complexity index is 546. The number of anilines is 2. The van der Waals surface area contributed by atoms with Gasteiger partial charge in [0, 0.05) is 22.8 Å². The number of nitrogens with one attached hydrogen (secondary N) is 1. The van der Waals surface area contributed by atoms with E-state index in [2.05, 4.69) is 10.3 Å². The van der Waals surface area contributed by atoms with Gasteiger partial charge in [0.1, 0.15) is 0 Å². The maximum Gasteiger partial charge on any atom is 0.416 e. The Hall–Kier alpha value is -1.60. The average Bonchev–Trinajstić information content (AvgIpc) is 2.77. The normalized spacial score (nSPS) is 13.3. The number of halogens is 3. The molecule has 1 atom stereocenters. The minimum absolute atomic E-state index is 0.111. The van der Waals surface area contributed by atoms with Crippen molar-refractivity contribution < 1.29 is 13.2 Å². The van der Waals surface area contributed by atoms with Crippen LogP contribution in [0.25, 0.3) is 0 Å². The number of nitrogens with two attached hydrogens (primary N) is 1. The van der Waals surface area contributed by atoms with Crippen molar-refractivity contribution in [3.8, 4) is 0 Å². The summed E-state index contributed by atoms with van der Waals surface area (Å²) in [7, 11) is 0. The number of hydrogen-bond donors (Lipinski definition) is 2. The molecular weight excluding hydrogens is 275 g/mol. The molecule has 7 heteroatoms. The minimum atomic E-state index is -4.32. The first-order valence-corrected chi connectivity index (χ1v) is 6.33. The number of aromatic nitrogens is 1. The Labute approximate surface area is 112 Å². The monoisotopic (exact) mass is 287 g/mol. The Morgan fingerprint density at radius 3 is 2.37 bits per heavy atom. The molecule has 1 unspecified atom stereocenters. The summed E-state index contributed by atoms with van der Waals surface area (Å²) in [4.78, 5) is 5.02. The maximum atomic E-state index is 12.4. The smallest absolute Gasteiger partial charge is 0.332 e. The fourth-order valence-electron chi connectivity index (χ4n) is 1.42. The topological polar surface area (TPSA) is 50.9 Å². The predicted molar refractivity (Wildman–Crippen MR) is 69.4 cm³/mol. The summed E-state index contributed by atoms with van der Waals surface area (Å²) in [6.45, 7) is 1.84. The third-order valence-corrected chi connectivity index (χ3v) is 3.55. The van der Waals surface area contributed by atoms with E-state index in [4.69, 9.17) is 5.73 Å². The van der Waals surface area contributed by atoms with Gasteiger partial charge in [0.15, 0.2) is 5.13 Å². The van der Waals surface area contributed by atoms with Crippen LogP contribution in [-0.4, -0.2) is 4.98 Å². The number of rotatable bonds is 3. The summed E-state index contributed by atoms with van der Waals surface area (Å²) in [6.07, 6.45) is -2.66. The zero-order chi connectivity index (χ0) is 14.0. The van der Waals surface area contributed by atoms with Gasteiger partial charge < -0.3 is 11.1 Å². The molecule has 3 nitrogen and oxygen atoms in total. The molecule has 2 aromatic rings. The lowest BCUT2D eigenvalue weighted by molar-refractivity contribution is -0.137. The first kappa shape index (κ1) is 13.8. The second-order valence-electron chi connectivity index (χ2n) is 4.06. The molecule has 0 bridgehead atoms. The van der Waals surface area contributed by atoms with Gasteiger partial charge in [-0.2, -0.15) is 13.2 Å². The lowest BCUT2D eigenvalue weighted by Gasteiger charge is -2.07. The quantitative estimate of drug-likeness (QED) is 0.899. The van der Waals surface area contributed by atoms with Gasteiger partial charge >= 0.3 is 6.18 Å². The van der Waals surface area contributed by atoms with Crippen LogP contribution >= 0.6 is 11.3 Å². The summed E-state index contributed by atoms with van der Waals surface area (Å²) in [5, 5.41) is 3.55. The Kier molecular flexibility index (Phi) is 3.77. The summed E-state index contributed by atoms with van der Waals surface area (Å²) < 4.78 is 37.2. The molecule has 0 spiro atoms. The summed E-state index contributed by atoms with van der Waals surface area (Å²) >= 11 is 1.38. The second kappa shape index (κ2) is 5.18. The molecular formula is C12H12F3N3S. The van der Waals surface area contributed by atoms with Gasteiger partial charge in [-0.05, 0) is 31.2 Å². The fraction of sp³-hybridized carbons (Fsp3) is 0.250. The number of hydrogen-bond acceptors (Lipinski definition) is 4. The molecule has 0 amide bonds. The molecule has 102 valence electrons. The summed E-state index contributed by atoms with van der Waals surface area (Å²) in [6, 6.07) is 4.69. The van der Waals surface area contributed by atoms with Crippen molar-refractivity contribution >= 4 is 22.2 Å². The van der Waals surface area contributed by atoms with E-state index in [0.717, 1.165) is 17.0 Å². The zero-order valence-corrected chi connectivity index (χ0v) is 10.8. The van der Waals surface area contributed by atoms with Crippen LogP contribution in [-0.2, 0) is 6.18 Å². The molecule has 0 aliphatic rings. The first-order chi connectivity index (χ1) is 8.86. The minimum Gasteiger partial charge on any atom is -0.332 e. The largest absolute Gasteiger partial charge is 0.416 e. The number of thiazole rings is 1. The standard InChI is InChI=1S/C12H12F3N3S/c1-7(16)10-6-17-11(19-10)18-9-4-2-8(3-5-9)12(13,14)15/h2-7H,16H2,1H3,(H,17,18). The highest BCUT2D eigenvalue weighted by Gasteiger charge is 2.29. The molecule has 0 fully saturated rings. The van der Waals surface area contributed by atoms with Crippen LogP contribution in [0, 0.1) is 0 Å². The van der Waals surface area contributed by atoms with Crippen molar-refractivity contribution in [1.82, 2.24) is 4.98 Å². The molecule has 0 aliphatic heterocycles. The van der Waals surface area contributed by atoms with Gasteiger partial charge in [-0.15, -0.1) is 11.3 Å². The van der Waals surface area contributed by atoms with E-state index in [1.165, 1.54) is 23.5 Å². The van der Waals surface area contributed by atoms with E-state index < -0.39 is 11.7 Å². The van der Waals surface area contributed by atoms with Gasteiger partial charge in [0.25, 0.3) is 0 Å². The predicted octanol–water partition coefficient (Wildman–Crippen LogP) is 3.93. The van der Waals surface area contributed by atoms with Crippen LogP contribution < -0.4 is 11.1 Å². The second-order valence-corrected chi connectivity index (χ2v) is 5.12. The summed E-state index contributed by atoms with van der Waals surface area (Å²) in [5.41, 5.74) is 5.59. The third kappa shape index (κ3) is 3.45. The van der Waals surface area contributed by atoms with Crippen LogP contribution in [0.5, 0.6) is 0 Å². The van der Waals surface area contributed by atoms with Crippen molar-refractivity contribution in [1.29, 1.82) is 0 Å². The van der Waals surface area contributed by atoms with E-state index >= 15 is 0 Å². The fourth-order valence-corrected chi connectivity index (χ4v) is 2.21. The van der Waals surface area contributed by atoms with E-state index in [-0.39, 0.29) is 6.04 Å². The van der Waals surface area contributed by atoms with E-state index in [1.807, 2.05) is 6.92 Å². The van der Waals surface area contributed by atoms with Crippen molar-refractivity contribution in [2.75, 3.05) is 5.32 Å². The molecule has 0 saturated carbocycles. The van der Waals surface area contributed by atoms with E-state index in [1.54, 1.807) is 6.20 Å². The Balaban J connectivity index is 2.11. The van der Waals surface area contributed by atoms with Crippen LogP contribution in [0.4, 0.5) is 24.0 Å². The number of nitrogens with zero attached hydrogens (tertiary/aromatic N) is 1. The molecule has 3 N–H and O–H groups in total. The highest BCUT2D eigenvalue weighted by molar-refractivity contribution is 7.15. The van der Waals surface area contributed by atoms with Gasteiger partial charge in [0.05, 0.1) is 5.56 Å². The lowest BCUT2D eigenvalue weighted by Crippen LogP contribution is -2.04. The van der Waals surface area contributed by atoms with Crippen molar-refractivity contribution in [2.45, 2.75) is 19.1 Å². The van der Waals surface area contributed by atoms with Gasteiger partial charge in [0.2, 0.25) is 0 Å². The summed E-state index contributed by atoms with van der Waals surface area (Å²) in [5.74, 6) is 0. The van der Waals surface area contributed by atoms with Crippen molar-refractivity contribution in [3.05, 3.63) is 40.9 Å². The van der Waals surface area contributed by atoms with Crippen molar-refractivity contribution in [3.63, 3.8) is 0 Å². The van der Waals surface area contributed by atoms with Gasteiger partial charge in [-0.3, -0.25) is 0 Å². The lowest BCUT2D eigenvalue weighted by atomic mass is 10.2. The molecule has 1 aromatic carbocycles. The van der Waals surface area contributed by atoms with E-state index in [9.17, 15) is 13.2 Å². The Morgan fingerprint density at radius 2 is 1.89 bits per heavy atom.